The number of ether oxygens (including phenoxy) is 1. The maximum atomic E-state index is 11.9. The minimum absolute atomic E-state index is 0.0115. The lowest BCUT2D eigenvalue weighted by Crippen LogP contribution is -2.47. The minimum Gasteiger partial charge on any atom is -0.444 e. The number of hydrogen-bond donors (Lipinski definition) is 2. The van der Waals surface area contributed by atoms with Gasteiger partial charge in [0.2, 0.25) is 0 Å². The van der Waals surface area contributed by atoms with E-state index >= 15 is 0 Å². The molecule has 0 saturated carbocycles. The summed E-state index contributed by atoms with van der Waals surface area (Å²) in [6.45, 7) is 13.2. The van der Waals surface area contributed by atoms with Gasteiger partial charge in [0.05, 0.1) is 0 Å². The zero-order valence-corrected chi connectivity index (χ0v) is 15.8. The van der Waals surface area contributed by atoms with Gasteiger partial charge in [0.25, 0.3) is 0 Å². The highest BCUT2D eigenvalue weighted by Crippen LogP contribution is 2.15. The van der Waals surface area contributed by atoms with Crippen molar-refractivity contribution < 1.29 is 9.53 Å². The van der Waals surface area contributed by atoms with Crippen molar-refractivity contribution in [2.75, 3.05) is 6.54 Å². The molecule has 0 fully saturated rings. The predicted octanol–water partition coefficient (Wildman–Crippen LogP) is 4.29. The van der Waals surface area contributed by atoms with E-state index in [1.165, 1.54) is 5.56 Å². The highest BCUT2D eigenvalue weighted by molar-refractivity contribution is 6.30. The largest absolute Gasteiger partial charge is 0.444 e. The number of amides is 1. The summed E-state index contributed by atoms with van der Waals surface area (Å²) < 4.78 is 5.32. The number of carbonyl (C=O) groups excluding carboxylic acids is 1. The number of halogens is 1. The molecule has 1 rings (SSSR count). The summed E-state index contributed by atoms with van der Waals surface area (Å²) in [4.78, 5) is 11.9. The molecule has 0 radical (unpaired) electrons. The Bertz CT molecular complexity index is 524. The van der Waals surface area contributed by atoms with Gasteiger partial charge in [0, 0.05) is 24.2 Å². The average molecular weight is 341 g/mol. The lowest BCUT2D eigenvalue weighted by molar-refractivity contribution is 0.0490. The summed E-state index contributed by atoms with van der Waals surface area (Å²) >= 11 is 5.97. The number of alkyl carbamates (subject to hydrolysis) is 1. The first-order valence-electron chi connectivity index (χ1n) is 8.04. The van der Waals surface area contributed by atoms with Crippen molar-refractivity contribution >= 4 is 17.7 Å². The van der Waals surface area contributed by atoms with Crippen LogP contribution in [0.4, 0.5) is 4.79 Å². The van der Waals surface area contributed by atoms with Crippen molar-refractivity contribution in [2.45, 2.75) is 59.7 Å². The molecule has 1 amide bonds. The Labute approximate surface area is 144 Å². The van der Waals surface area contributed by atoms with Gasteiger partial charge in [-0.25, -0.2) is 4.79 Å². The van der Waals surface area contributed by atoms with Crippen LogP contribution >= 0.6 is 11.6 Å². The van der Waals surface area contributed by atoms with Gasteiger partial charge in [-0.2, -0.15) is 0 Å². The molecule has 1 aromatic carbocycles. The van der Waals surface area contributed by atoms with E-state index in [-0.39, 0.29) is 12.1 Å². The van der Waals surface area contributed by atoms with Crippen molar-refractivity contribution in [3.63, 3.8) is 0 Å². The summed E-state index contributed by atoms with van der Waals surface area (Å²) in [7, 11) is 0. The van der Waals surface area contributed by atoms with Gasteiger partial charge in [0.1, 0.15) is 5.60 Å². The first-order valence-corrected chi connectivity index (χ1v) is 8.41. The van der Waals surface area contributed by atoms with Crippen LogP contribution < -0.4 is 10.6 Å². The van der Waals surface area contributed by atoms with Crippen molar-refractivity contribution in [2.24, 2.45) is 5.92 Å². The molecule has 0 aliphatic heterocycles. The molecule has 0 spiro atoms. The first-order chi connectivity index (χ1) is 10.6. The second-order valence-electron chi connectivity index (χ2n) is 7.20. The number of carbonyl (C=O) groups is 1. The molecule has 1 aromatic rings. The predicted molar refractivity (Wildman–Crippen MR) is 95.9 cm³/mol. The SMILES string of the molecule is Cc1cc(Cl)ccc1CNCC(NC(=O)OC(C)(C)C)C(C)C. The monoisotopic (exact) mass is 340 g/mol. The van der Waals surface area contributed by atoms with Gasteiger partial charge in [0.15, 0.2) is 0 Å². The number of hydrogen-bond acceptors (Lipinski definition) is 3. The molecule has 0 bridgehead atoms. The Morgan fingerprint density at radius 2 is 1.96 bits per heavy atom. The lowest BCUT2D eigenvalue weighted by atomic mass is 10.0. The van der Waals surface area contributed by atoms with Crippen LogP contribution in [0.2, 0.25) is 5.02 Å². The third-order valence-corrected chi connectivity index (χ3v) is 3.73. The van der Waals surface area contributed by atoms with Crippen molar-refractivity contribution in [1.82, 2.24) is 10.6 Å². The molecule has 0 aliphatic carbocycles. The molecule has 0 aliphatic rings. The molecule has 23 heavy (non-hydrogen) atoms. The average Bonchev–Trinajstić information content (AvgIpc) is 2.37. The van der Waals surface area contributed by atoms with E-state index in [1.54, 1.807) is 0 Å². The highest BCUT2D eigenvalue weighted by atomic mass is 35.5. The topological polar surface area (TPSA) is 50.4 Å². The minimum atomic E-state index is -0.487. The van der Waals surface area contributed by atoms with E-state index in [0.717, 1.165) is 17.1 Å². The fourth-order valence-corrected chi connectivity index (χ4v) is 2.36. The van der Waals surface area contributed by atoms with Crippen LogP contribution in [0.1, 0.15) is 45.7 Å². The number of aryl methyl sites for hydroxylation is 1. The standard InChI is InChI=1S/C18H29ClN2O2/c1-12(2)16(21-17(22)23-18(4,5)6)11-20-10-14-7-8-15(19)9-13(14)3/h7-9,12,16,20H,10-11H2,1-6H3,(H,21,22). The summed E-state index contributed by atoms with van der Waals surface area (Å²) in [5.74, 6) is 0.307. The Kier molecular flexibility index (Phi) is 7.36. The molecule has 4 nitrogen and oxygen atoms in total. The van der Waals surface area contributed by atoms with E-state index in [0.29, 0.717) is 12.5 Å². The Morgan fingerprint density at radius 3 is 2.48 bits per heavy atom. The van der Waals surface area contributed by atoms with E-state index in [9.17, 15) is 4.79 Å². The summed E-state index contributed by atoms with van der Waals surface area (Å²) in [5, 5.41) is 7.08. The van der Waals surface area contributed by atoms with E-state index < -0.39 is 5.60 Å². The third-order valence-electron chi connectivity index (χ3n) is 3.49. The number of rotatable bonds is 6. The van der Waals surface area contributed by atoms with Gasteiger partial charge in [-0.05, 0) is 56.9 Å². The quantitative estimate of drug-likeness (QED) is 0.812. The smallest absolute Gasteiger partial charge is 0.407 e. The molecule has 2 N–H and O–H groups in total. The maximum Gasteiger partial charge on any atom is 0.407 e. The molecule has 130 valence electrons. The molecule has 0 aromatic heterocycles. The van der Waals surface area contributed by atoms with Crippen LogP contribution in [-0.4, -0.2) is 24.3 Å². The second-order valence-corrected chi connectivity index (χ2v) is 7.63. The zero-order valence-electron chi connectivity index (χ0n) is 15.0. The van der Waals surface area contributed by atoms with Crippen LogP contribution in [0, 0.1) is 12.8 Å². The first kappa shape index (κ1) is 19.8. The van der Waals surface area contributed by atoms with Crippen LogP contribution in [-0.2, 0) is 11.3 Å². The normalized spacial score (nSPS) is 13.0. The van der Waals surface area contributed by atoms with Gasteiger partial charge in [-0.15, -0.1) is 0 Å². The van der Waals surface area contributed by atoms with Gasteiger partial charge < -0.3 is 15.4 Å². The fraction of sp³-hybridized carbons (Fsp3) is 0.611. The third kappa shape index (κ3) is 7.71. The molecule has 1 atom stereocenters. The molecule has 1 unspecified atom stereocenters. The van der Waals surface area contributed by atoms with Gasteiger partial charge >= 0.3 is 6.09 Å². The highest BCUT2D eigenvalue weighted by Gasteiger charge is 2.21. The molecular weight excluding hydrogens is 312 g/mol. The molecule has 0 heterocycles. The van der Waals surface area contributed by atoms with Crippen molar-refractivity contribution in [3.8, 4) is 0 Å². The fourth-order valence-electron chi connectivity index (χ4n) is 2.13. The Balaban J connectivity index is 2.52. The van der Waals surface area contributed by atoms with Gasteiger partial charge in [-0.1, -0.05) is 31.5 Å². The molecular formula is C18H29ClN2O2. The van der Waals surface area contributed by atoms with Crippen LogP contribution in [0.25, 0.3) is 0 Å². The number of nitrogens with one attached hydrogen (secondary N) is 2. The van der Waals surface area contributed by atoms with Crippen LogP contribution in [0.3, 0.4) is 0 Å². The number of benzene rings is 1. The lowest BCUT2D eigenvalue weighted by Gasteiger charge is -2.26. The zero-order chi connectivity index (χ0) is 17.6. The maximum absolute atomic E-state index is 11.9. The van der Waals surface area contributed by atoms with E-state index in [1.807, 2.05) is 45.9 Å². The molecule has 0 saturated heterocycles. The van der Waals surface area contributed by atoms with E-state index in [2.05, 4.69) is 24.5 Å². The van der Waals surface area contributed by atoms with Crippen molar-refractivity contribution in [1.29, 1.82) is 0 Å². The van der Waals surface area contributed by atoms with E-state index in [4.69, 9.17) is 16.3 Å². The summed E-state index contributed by atoms with van der Waals surface area (Å²) in [5.41, 5.74) is 1.87. The second kappa shape index (κ2) is 8.55. The molecule has 5 heteroatoms. The van der Waals surface area contributed by atoms with Crippen LogP contribution in [0.5, 0.6) is 0 Å². The summed E-state index contributed by atoms with van der Waals surface area (Å²) in [6.07, 6.45) is -0.374. The summed E-state index contributed by atoms with van der Waals surface area (Å²) in [6, 6.07) is 5.88. The van der Waals surface area contributed by atoms with Crippen molar-refractivity contribution in [3.05, 3.63) is 34.3 Å². The van der Waals surface area contributed by atoms with Crippen LogP contribution in [0.15, 0.2) is 18.2 Å². The Morgan fingerprint density at radius 1 is 1.30 bits per heavy atom. The Hall–Kier alpha value is -1.26. The van der Waals surface area contributed by atoms with Gasteiger partial charge in [-0.3, -0.25) is 0 Å².